The SMILES string of the molecule is CCOC(=O)Cc1ccccc1NC(=O)c1nc(-c2cc(CNC(=O)OC(C)(C)C)ccc2F)nn2cccc12. The molecular weight excluding hydrogens is 517 g/mol. The summed E-state index contributed by atoms with van der Waals surface area (Å²) in [5, 5.41) is 9.83. The molecule has 0 radical (unpaired) electrons. The summed E-state index contributed by atoms with van der Waals surface area (Å²) in [7, 11) is 0. The topological polar surface area (TPSA) is 124 Å². The smallest absolute Gasteiger partial charge is 0.407 e. The second-order valence-corrected chi connectivity index (χ2v) is 9.88. The average molecular weight is 548 g/mol. The molecule has 0 aliphatic carbocycles. The van der Waals surface area contributed by atoms with Crippen LogP contribution in [0, 0.1) is 5.82 Å². The number of halogens is 1. The third kappa shape index (κ3) is 6.99. The quantitative estimate of drug-likeness (QED) is 0.300. The van der Waals surface area contributed by atoms with Gasteiger partial charge in [-0.2, -0.15) is 0 Å². The predicted octanol–water partition coefficient (Wildman–Crippen LogP) is 4.92. The summed E-state index contributed by atoms with van der Waals surface area (Å²) in [6, 6.07) is 14.5. The maximum absolute atomic E-state index is 15.0. The van der Waals surface area contributed by atoms with Crippen molar-refractivity contribution in [1.82, 2.24) is 19.9 Å². The molecule has 0 saturated heterocycles. The highest BCUT2D eigenvalue weighted by Crippen LogP contribution is 2.24. The Bertz CT molecular complexity index is 1560. The molecule has 208 valence electrons. The van der Waals surface area contributed by atoms with Gasteiger partial charge in [0.2, 0.25) is 0 Å². The number of carbonyl (C=O) groups excluding carboxylic acids is 3. The first kappa shape index (κ1) is 28.2. The van der Waals surface area contributed by atoms with Gasteiger partial charge in [0.25, 0.3) is 5.91 Å². The molecule has 0 aliphatic rings. The van der Waals surface area contributed by atoms with Crippen LogP contribution in [0.2, 0.25) is 0 Å². The third-order valence-electron chi connectivity index (χ3n) is 5.62. The molecule has 2 aromatic carbocycles. The number of nitrogens with one attached hydrogen (secondary N) is 2. The number of nitrogens with zero attached hydrogens (tertiary/aromatic N) is 3. The molecule has 0 aliphatic heterocycles. The van der Waals surface area contributed by atoms with Crippen molar-refractivity contribution in [2.24, 2.45) is 0 Å². The van der Waals surface area contributed by atoms with Gasteiger partial charge in [0, 0.05) is 18.4 Å². The van der Waals surface area contributed by atoms with E-state index in [9.17, 15) is 18.8 Å². The Balaban J connectivity index is 1.63. The number of esters is 1. The predicted molar refractivity (Wildman–Crippen MR) is 146 cm³/mol. The molecule has 0 unspecified atom stereocenters. The van der Waals surface area contributed by atoms with E-state index in [1.807, 2.05) is 0 Å². The van der Waals surface area contributed by atoms with E-state index in [4.69, 9.17) is 9.47 Å². The van der Waals surface area contributed by atoms with Crippen molar-refractivity contribution in [1.29, 1.82) is 0 Å². The number of para-hydroxylation sites is 1. The monoisotopic (exact) mass is 547 g/mol. The summed E-state index contributed by atoms with van der Waals surface area (Å²) >= 11 is 0. The number of amides is 2. The molecule has 0 spiro atoms. The molecule has 11 heteroatoms. The zero-order valence-electron chi connectivity index (χ0n) is 22.7. The molecule has 10 nitrogen and oxygen atoms in total. The van der Waals surface area contributed by atoms with Crippen LogP contribution in [0.5, 0.6) is 0 Å². The Hall–Kier alpha value is -4.80. The number of anilines is 1. The van der Waals surface area contributed by atoms with Gasteiger partial charge in [0.15, 0.2) is 11.5 Å². The van der Waals surface area contributed by atoms with Gasteiger partial charge in [-0.1, -0.05) is 24.3 Å². The molecule has 2 heterocycles. The minimum atomic E-state index is -0.658. The Morgan fingerprint density at radius 2 is 1.82 bits per heavy atom. The van der Waals surface area contributed by atoms with Gasteiger partial charge in [-0.3, -0.25) is 9.59 Å². The fourth-order valence-electron chi connectivity index (χ4n) is 3.90. The average Bonchev–Trinajstić information content (AvgIpc) is 3.37. The third-order valence-corrected chi connectivity index (χ3v) is 5.62. The molecule has 2 amide bonds. The lowest BCUT2D eigenvalue weighted by Gasteiger charge is -2.19. The number of carbonyl (C=O) groups is 3. The number of rotatable bonds is 8. The van der Waals surface area contributed by atoms with Crippen molar-refractivity contribution < 1.29 is 28.2 Å². The summed E-state index contributed by atoms with van der Waals surface area (Å²) in [4.78, 5) is 41.9. The summed E-state index contributed by atoms with van der Waals surface area (Å²) in [6.45, 7) is 7.31. The van der Waals surface area contributed by atoms with Crippen LogP contribution in [-0.4, -0.2) is 44.8 Å². The van der Waals surface area contributed by atoms with E-state index in [0.29, 0.717) is 22.3 Å². The number of hydrogen-bond donors (Lipinski definition) is 2. The molecule has 0 saturated carbocycles. The van der Waals surface area contributed by atoms with Gasteiger partial charge in [0.05, 0.1) is 24.1 Å². The first-order chi connectivity index (χ1) is 19.0. The van der Waals surface area contributed by atoms with Crippen LogP contribution in [0.3, 0.4) is 0 Å². The van der Waals surface area contributed by atoms with Crippen LogP contribution in [0.25, 0.3) is 16.9 Å². The van der Waals surface area contributed by atoms with E-state index in [1.165, 1.54) is 22.7 Å². The normalized spacial score (nSPS) is 11.2. The zero-order valence-corrected chi connectivity index (χ0v) is 22.7. The van der Waals surface area contributed by atoms with Gasteiger partial charge < -0.3 is 20.1 Å². The second-order valence-electron chi connectivity index (χ2n) is 9.88. The number of fused-ring (bicyclic) bond motifs is 1. The molecular formula is C29H30FN5O5. The maximum Gasteiger partial charge on any atom is 0.407 e. The van der Waals surface area contributed by atoms with Gasteiger partial charge >= 0.3 is 12.1 Å². The van der Waals surface area contributed by atoms with Crippen LogP contribution in [0.1, 0.15) is 49.3 Å². The lowest BCUT2D eigenvalue weighted by Crippen LogP contribution is -2.32. The molecule has 2 aromatic heterocycles. The van der Waals surface area contributed by atoms with Crippen LogP contribution in [0.4, 0.5) is 14.9 Å². The Morgan fingerprint density at radius 3 is 2.58 bits per heavy atom. The van der Waals surface area contributed by atoms with Gasteiger partial charge in [0.1, 0.15) is 11.4 Å². The summed E-state index contributed by atoms with van der Waals surface area (Å²) in [6.07, 6.45) is 0.998. The van der Waals surface area contributed by atoms with Crippen LogP contribution in [-0.2, 0) is 27.2 Å². The zero-order chi connectivity index (χ0) is 28.9. The van der Waals surface area contributed by atoms with E-state index in [0.717, 1.165) is 0 Å². The van der Waals surface area contributed by atoms with E-state index in [1.54, 1.807) is 70.3 Å². The number of aromatic nitrogens is 3. The highest BCUT2D eigenvalue weighted by molar-refractivity contribution is 6.08. The highest BCUT2D eigenvalue weighted by Gasteiger charge is 2.21. The van der Waals surface area contributed by atoms with Gasteiger partial charge in [-0.05, 0) is 69.2 Å². The maximum atomic E-state index is 15.0. The van der Waals surface area contributed by atoms with Crippen molar-refractivity contribution in [3.63, 3.8) is 0 Å². The molecule has 2 N–H and O–H groups in total. The molecule has 0 fully saturated rings. The van der Waals surface area contributed by atoms with Gasteiger partial charge in [-0.15, -0.1) is 5.10 Å². The molecule has 0 bridgehead atoms. The van der Waals surface area contributed by atoms with E-state index in [2.05, 4.69) is 20.7 Å². The van der Waals surface area contributed by atoms with Crippen LogP contribution < -0.4 is 10.6 Å². The lowest BCUT2D eigenvalue weighted by molar-refractivity contribution is -0.142. The Morgan fingerprint density at radius 1 is 1.05 bits per heavy atom. The van der Waals surface area contributed by atoms with Crippen molar-refractivity contribution in [3.8, 4) is 11.4 Å². The molecule has 4 aromatic rings. The van der Waals surface area contributed by atoms with Crippen molar-refractivity contribution in [3.05, 3.63) is 83.4 Å². The minimum absolute atomic E-state index is 0.0117. The fraction of sp³-hybridized carbons (Fsp3) is 0.276. The standard InChI is InChI=1S/C29H30FN5O5/c1-5-39-24(36)16-19-9-6-7-10-22(19)32-27(37)25-23-11-8-14-35(23)34-26(33-25)20-15-18(12-13-21(20)30)17-31-28(38)40-29(2,3)4/h6-15H,5,16-17H2,1-4H3,(H,31,38)(H,32,37). The Kier molecular flexibility index (Phi) is 8.42. The number of ether oxygens (including phenoxy) is 2. The van der Waals surface area contributed by atoms with Crippen LogP contribution in [0.15, 0.2) is 60.8 Å². The largest absolute Gasteiger partial charge is 0.466 e. The first-order valence-electron chi connectivity index (χ1n) is 12.7. The van der Waals surface area contributed by atoms with E-state index in [-0.39, 0.29) is 36.7 Å². The highest BCUT2D eigenvalue weighted by atomic mass is 19.1. The first-order valence-corrected chi connectivity index (χ1v) is 12.7. The second kappa shape index (κ2) is 11.9. The fourth-order valence-corrected chi connectivity index (χ4v) is 3.90. The van der Waals surface area contributed by atoms with Crippen molar-refractivity contribution >= 4 is 29.2 Å². The number of alkyl carbamates (subject to hydrolysis) is 1. The Labute approximate surface area is 230 Å². The molecule has 0 atom stereocenters. The van der Waals surface area contributed by atoms with E-state index >= 15 is 0 Å². The minimum Gasteiger partial charge on any atom is -0.466 e. The molecule has 40 heavy (non-hydrogen) atoms. The van der Waals surface area contributed by atoms with Crippen molar-refractivity contribution in [2.75, 3.05) is 11.9 Å². The lowest BCUT2D eigenvalue weighted by atomic mass is 10.1. The number of hydrogen-bond acceptors (Lipinski definition) is 7. The van der Waals surface area contributed by atoms with Gasteiger partial charge in [-0.25, -0.2) is 18.7 Å². The summed E-state index contributed by atoms with van der Waals surface area (Å²) < 4.78 is 26.7. The van der Waals surface area contributed by atoms with E-state index < -0.39 is 29.4 Å². The molecule has 4 rings (SSSR count). The van der Waals surface area contributed by atoms with Crippen LogP contribution >= 0.6 is 0 Å². The number of benzene rings is 2. The summed E-state index contributed by atoms with van der Waals surface area (Å²) in [5.41, 5.74) is 1.39. The van der Waals surface area contributed by atoms with Crippen molar-refractivity contribution in [2.45, 2.75) is 46.3 Å². The summed E-state index contributed by atoms with van der Waals surface area (Å²) in [5.74, 6) is -1.60.